The molecule has 0 fully saturated rings. The van der Waals surface area contributed by atoms with Gasteiger partial charge in [-0.25, -0.2) is 0 Å². The first kappa shape index (κ1) is 15.9. The smallest absolute Gasteiger partial charge is 0.0629 e. The van der Waals surface area contributed by atoms with E-state index in [4.69, 9.17) is 5.48 Å². The minimum Gasteiger partial charge on any atom is -0.135 e. The monoisotopic (exact) mass is 550 g/mol. The molecular weight excluding hydrogens is 521 g/mol. The summed E-state index contributed by atoms with van der Waals surface area (Å²) in [6.45, 7) is 0. The van der Waals surface area contributed by atoms with Crippen molar-refractivity contribution in [3.05, 3.63) is 133 Å². The van der Waals surface area contributed by atoms with Gasteiger partial charge in [-0.15, -0.1) is 22.7 Å². The van der Waals surface area contributed by atoms with Crippen LogP contribution in [0.1, 0.15) is 11.0 Å². The SMILES string of the molecule is [2H]c1c([2H])c([2H])c2c(-c3cccc4c3sc3ccccc34)c3c([2H])c([2H])c([2H])c([2H])c3c(-c3ccc4c(c3)sc3ccccc34)c2c1[2H]. The van der Waals surface area contributed by atoms with Gasteiger partial charge in [0.05, 0.1) is 11.0 Å². The van der Waals surface area contributed by atoms with E-state index in [9.17, 15) is 5.48 Å². The first-order valence-electron chi connectivity index (χ1n) is 17.0. The standard InChI is InChI=1S/C38H22S2/c1-3-14-29-27(12-1)36(23-20-21-26-24-10-5-7-18-33(24)39-35(26)22-23)28-13-2-4-15-30(28)37(29)32-17-9-16-31-25-11-6-8-19-34(25)40-38(31)32/h1-22H/i1D,2D,3D,4D,12D,13D,14D,15D. The first-order valence-corrected chi connectivity index (χ1v) is 14.6. The highest BCUT2D eigenvalue weighted by Gasteiger charge is 2.19. The summed E-state index contributed by atoms with van der Waals surface area (Å²) in [6, 6.07) is 25.2. The second-order valence-corrected chi connectivity index (χ2v) is 12.0. The molecule has 2 heteroatoms. The minimum absolute atomic E-state index is 0.229. The normalized spacial score (nSPS) is 14.8. The number of fused-ring (bicyclic) bond motifs is 8. The van der Waals surface area contributed by atoms with E-state index in [-0.39, 0.29) is 45.7 Å². The summed E-state index contributed by atoms with van der Waals surface area (Å²) in [7, 11) is 0. The van der Waals surface area contributed by atoms with Crippen molar-refractivity contribution >= 4 is 84.6 Å². The molecule has 0 aliphatic carbocycles. The lowest BCUT2D eigenvalue weighted by Gasteiger charge is -2.18. The Hall–Kier alpha value is -4.50. The molecule has 0 bridgehead atoms. The Kier molecular flexibility index (Phi) is 3.38. The molecule has 0 N–H and O–H groups in total. The van der Waals surface area contributed by atoms with Crippen LogP contribution in [-0.4, -0.2) is 0 Å². The van der Waals surface area contributed by atoms with Crippen molar-refractivity contribution in [2.24, 2.45) is 0 Å². The summed E-state index contributed by atoms with van der Waals surface area (Å²) in [5, 5.41) is 5.09. The Balaban J connectivity index is 1.56. The zero-order chi connectivity index (χ0) is 33.2. The molecule has 0 saturated carbocycles. The van der Waals surface area contributed by atoms with Gasteiger partial charge in [0, 0.05) is 45.9 Å². The summed E-state index contributed by atoms with van der Waals surface area (Å²) in [4.78, 5) is 0. The maximum Gasteiger partial charge on any atom is 0.0629 e. The second-order valence-electron chi connectivity index (χ2n) is 9.84. The van der Waals surface area contributed by atoms with Gasteiger partial charge in [0.25, 0.3) is 0 Å². The second kappa shape index (κ2) is 8.50. The zero-order valence-corrected chi connectivity index (χ0v) is 22.5. The molecule has 2 heterocycles. The van der Waals surface area contributed by atoms with Gasteiger partial charge in [0.15, 0.2) is 0 Å². The van der Waals surface area contributed by atoms with Gasteiger partial charge in [-0.3, -0.25) is 0 Å². The van der Waals surface area contributed by atoms with Crippen LogP contribution in [0.4, 0.5) is 0 Å². The summed E-state index contributed by atoms with van der Waals surface area (Å²) < 4.78 is 76.2. The molecule has 0 unspecified atom stereocenters. The van der Waals surface area contributed by atoms with Crippen LogP contribution in [0, 0.1) is 0 Å². The first-order chi connectivity index (χ1) is 23.2. The molecule has 186 valence electrons. The average Bonchev–Trinajstić information content (AvgIpc) is 3.68. The van der Waals surface area contributed by atoms with Crippen LogP contribution in [0.25, 0.3) is 84.1 Å². The van der Waals surface area contributed by atoms with Crippen molar-refractivity contribution < 1.29 is 11.0 Å². The van der Waals surface area contributed by atoms with E-state index < -0.39 is 24.2 Å². The van der Waals surface area contributed by atoms with Crippen molar-refractivity contribution in [1.82, 2.24) is 0 Å². The van der Waals surface area contributed by atoms with Crippen molar-refractivity contribution in [2.45, 2.75) is 0 Å². The van der Waals surface area contributed by atoms with Crippen molar-refractivity contribution in [1.29, 1.82) is 0 Å². The molecule has 9 aromatic rings. The molecule has 0 amide bonds. The van der Waals surface area contributed by atoms with E-state index in [1.54, 1.807) is 22.7 Å². The van der Waals surface area contributed by atoms with E-state index in [1.807, 2.05) is 72.8 Å². The van der Waals surface area contributed by atoms with Crippen molar-refractivity contribution in [3.63, 3.8) is 0 Å². The maximum absolute atomic E-state index is 9.31. The highest BCUT2D eigenvalue weighted by atomic mass is 32.1. The fraction of sp³-hybridized carbons (Fsp3) is 0. The number of hydrogen-bond donors (Lipinski definition) is 0. The largest absolute Gasteiger partial charge is 0.135 e. The van der Waals surface area contributed by atoms with E-state index in [0.717, 1.165) is 40.3 Å². The summed E-state index contributed by atoms with van der Waals surface area (Å²) >= 11 is 3.17. The van der Waals surface area contributed by atoms with Crippen molar-refractivity contribution in [2.75, 3.05) is 0 Å². The quantitative estimate of drug-likeness (QED) is 0.188. The fourth-order valence-electron chi connectivity index (χ4n) is 6.01. The number of hydrogen-bond acceptors (Lipinski definition) is 2. The van der Waals surface area contributed by atoms with Gasteiger partial charge in [0.1, 0.15) is 0 Å². The highest BCUT2D eigenvalue weighted by Crippen LogP contribution is 2.48. The van der Waals surface area contributed by atoms with E-state index >= 15 is 0 Å². The van der Waals surface area contributed by atoms with E-state index in [0.29, 0.717) is 22.3 Å². The molecule has 0 aliphatic heterocycles. The average molecular weight is 551 g/mol. The topological polar surface area (TPSA) is 0 Å². The number of benzene rings is 7. The third kappa shape index (κ3) is 3.12. The van der Waals surface area contributed by atoms with Crippen LogP contribution in [0.5, 0.6) is 0 Å². The van der Waals surface area contributed by atoms with Gasteiger partial charge < -0.3 is 0 Å². The molecule has 9 rings (SSSR count). The number of rotatable bonds is 2. The lowest BCUT2D eigenvalue weighted by molar-refractivity contribution is 1.71. The lowest BCUT2D eigenvalue weighted by Crippen LogP contribution is -1.90. The molecule has 2 aromatic heterocycles. The fourth-order valence-corrected chi connectivity index (χ4v) is 8.38. The van der Waals surface area contributed by atoms with Gasteiger partial charge in [-0.05, 0) is 56.4 Å². The van der Waals surface area contributed by atoms with Crippen LogP contribution in [0.2, 0.25) is 0 Å². The Morgan fingerprint density at radius 1 is 0.425 bits per heavy atom. The summed E-state index contributed by atoms with van der Waals surface area (Å²) in [6.07, 6.45) is 0. The maximum atomic E-state index is 9.31. The molecule has 40 heavy (non-hydrogen) atoms. The van der Waals surface area contributed by atoms with E-state index in [1.165, 1.54) is 0 Å². The molecule has 0 spiro atoms. The predicted octanol–water partition coefficient (Wildman–Crippen LogP) is 12.1. The third-order valence-corrected chi connectivity index (χ3v) is 10.1. The van der Waals surface area contributed by atoms with Crippen LogP contribution >= 0.6 is 22.7 Å². The molecule has 0 aliphatic rings. The minimum atomic E-state index is -0.400. The van der Waals surface area contributed by atoms with Crippen molar-refractivity contribution in [3.8, 4) is 22.3 Å². The van der Waals surface area contributed by atoms with Crippen LogP contribution in [0.3, 0.4) is 0 Å². The Morgan fingerprint density at radius 3 is 1.68 bits per heavy atom. The molecule has 0 radical (unpaired) electrons. The molecular formula is C38H22S2. The molecule has 7 aromatic carbocycles. The van der Waals surface area contributed by atoms with Gasteiger partial charge in [0.2, 0.25) is 0 Å². The van der Waals surface area contributed by atoms with Crippen LogP contribution < -0.4 is 0 Å². The molecule has 0 nitrogen and oxygen atoms in total. The van der Waals surface area contributed by atoms with Crippen LogP contribution in [0.15, 0.2) is 133 Å². The number of thiophene rings is 2. The summed E-state index contributed by atoms with van der Waals surface area (Å²) in [5.41, 5.74) is 2.02. The van der Waals surface area contributed by atoms with Gasteiger partial charge in [-0.2, -0.15) is 0 Å². The Morgan fingerprint density at radius 2 is 0.975 bits per heavy atom. The Bertz CT molecular complexity index is 2800. The Labute approximate surface area is 250 Å². The molecule has 0 atom stereocenters. The molecule has 0 saturated heterocycles. The van der Waals surface area contributed by atoms with E-state index in [2.05, 4.69) is 12.1 Å². The lowest BCUT2D eigenvalue weighted by atomic mass is 9.85. The summed E-state index contributed by atoms with van der Waals surface area (Å²) in [5.74, 6) is 0. The van der Waals surface area contributed by atoms with Gasteiger partial charge in [-0.1, -0.05) is 115 Å². The zero-order valence-electron chi connectivity index (χ0n) is 28.9. The third-order valence-electron chi connectivity index (χ3n) is 7.72. The highest BCUT2D eigenvalue weighted by molar-refractivity contribution is 7.26. The van der Waals surface area contributed by atoms with Crippen LogP contribution in [-0.2, 0) is 0 Å². The van der Waals surface area contributed by atoms with Gasteiger partial charge >= 0.3 is 0 Å². The predicted molar refractivity (Wildman–Crippen MR) is 178 cm³/mol.